The highest BCUT2D eigenvalue weighted by Crippen LogP contribution is 2.34. The predicted octanol–water partition coefficient (Wildman–Crippen LogP) is 4.28. The summed E-state index contributed by atoms with van der Waals surface area (Å²) < 4.78 is 36.3. The average Bonchev–Trinajstić information content (AvgIpc) is 3.27. The maximum atomic E-state index is 14.6. The summed E-state index contributed by atoms with van der Waals surface area (Å²) in [5.41, 5.74) is 0.684. The van der Waals surface area contributed by atoms with Gasteiger partial charge in [-0.3, -0.25) is 4.79 Å². The zero-order valence-corrected chi connectivity index (χ0v) is 21.0. The Kier molecular flexibility index (Phi) is 7.93. The number of aromatic nitrogens is 1. The number of hydrogen-bond donors (Lipinski definition) is 0. The third kappa shape index (κ3) is 6.12. The molecule has 1 saturated heterocycles. The van der Waals surface area contributed by atoms with Crippen LogP contribution >= 0.6 is 0 Å². The van der Waals surface area contributed by atoms with Crippen LogP contribution in [0.4, 0.5) is 4.79 Å². The van der Waals surface area contributed by atoms with Crippen LogP contribution in [-0.2, 0) is 30.8 Å². The largest absolute Gasteiger partial charge is 0.472 e. The Morgan fingerprint density at radius 1 is 1.18 bits per heavy atom. The molecule has 0 radical (unpaired) electrons. The summed E-state index contributed by atoms with van der Waals surface area (Å²) in [6.45, 7) is 7.30. The standard InChI is InChI=1S/C24H31N3O6S/c1-17-13-14-20(21(25-17)32-16-18-10-7-6-8-11-18)34(30,26-23(29)33-24(2,3)4)27-15-9-12-19(27)22(28)31-5/h6-8,10-11,13-14,19H,9,12,15-16H2,1-5H3/t19-,34-/m0/s1. The fourth-order valence-corrected chi connectivity index (χ4v) is 5.75. The van der Waals surface area contributed by atoms with E-state index in [-0.39, 0.29) is 23.9 Å². The number of methoxy groups -OCH3 is 1. The van der Waals surface area contributed by atoms with Crippen molar-refractivity contribution < 1.29 is 28.0 Å². The van der Waals surface area contributed by atoms with Crippen molar-refractivity contribution in [2.45, 2.75) is 63.7 Å². The van der Waals surface area contributed by atoms with Crippen LogP contribution in [0.25, 0.3) is 0 Å². The number of amides is 1. The number of benzene rings is 1. The maximum Gasteiger partial charge on any atom is 0.443 e. The number of carbonyl (C=O) groups excluding carboxylic acids is 2. The quantitative estimate of drug-likeness (QED) is 0.557. The Balaban J connectivity index is 2.12. The molecule has 1 aliphatic heterocycles. The third-order valence-corrected chi connectivity index (χ3v) is 7.41. The SMILES string of the molecule is COC(=O)[C@@H]1CCCN1[S@@](=O)(=NC(=O)OC(C)(C)C)c1ccc(C)nc1OCc1ccccc1. The number of carbonyl (C=O) groups is 2. The molecule has 0 bridgehead atoms. The van der Waals surface area contributed by atoms with Gasteiger partial charge in [-0.25, -0.2) is 14.0 Å². The first-order chi connectivity index (χ1) is 16.0. The van der Waals surface area contributed by atoms with Gasteiger partial charge in [0.2, 0.25) is 5.88 Å². The van der Waals surface area contributed by atoms with Crippen molar-refractivity contribution in [3.8, 4) is 5.88 Å². The van der Waals surface area contributed by atoms with E-state index in [4.69, 9.17) is 14.2 Å². The lowest BCUT2D eigenvalue weighted by Crippen LogP contribution is -2.41. The molecule has 1 aromatic carbocycles. The van der Waals surface area contributed by atoms with Gasteiger partial charge in [-0.2, -0.15) is 4.31 Å². The molecule has 184 valence electrons. The van der Waals surface area contributed by atoms with Gasteiger partial charge >= 0.3 is 12.1 Å². The lowest BCUT2D eigenvalue weighted by molar-refractivity contribution is -0.144. The molecule has 0 aliphatic carbocycles. The second kappa shape index (κ2) is 10.5. The van der Waals surface area contributed by atoms with Crippen molar-refractivity contribution in [2.24, 2.45) is 4.36 Å². The fourth-order valence-electron chi connectivity index (χ4n) is 3.57. The molecule has 1 amide bonds. The van der Waals surface area contributed by atoms with Crippen LogP contribution in [0.1, 0.15) is 44.9 Å². The molecule has 10 heteroatoms. The Hall–Kier alpha value is -2.98. The second-order valence-corrected chi connectivity index (χ2v) is 11.0. The highest BCUT2D eigenvalue weighted by Gasteiger charge is 2.41. The van der Waals surface area contributed by atoms with Crippen LogP contribution in [0, 0.1) is 6.92 Å². The summed E-state index contributed by atoms with van der Waals surface area (Å²) in [6, 6.07) is 11.9. The molecule has 9 nitrogen and oxygen atoms in total. The van der Waals surface area contributed by atoms with Crippen molar-refractivity contribution in [3.63, 3.8) is 0 Å². The molecule has 2 aromatic rings. The molecule has 3 rings (SSSR count). The van der Waals surface area contributed by atoms with Crippen LogP contribution < -0.4 is 4.74 Å². The highest BCUT2D eigenvalue weighted by atomic mass is 32.2. The first-order valence-electron chi connectivity index (χ1n) is 11.0. The van der Waals surface area contributed by atoms with Gasteiger partial charge < -0.3 is 14.2 Å². The van der Waals surface area contributed by atoms with E-state index < -0.39 is 33.6 Å². The van der Waals surface area contributed by atoms with E-state index in [0.29, 0.717) is 18.5 Å². The smallest absolute Gasteiger partial charge is 0.443 e. The molecule has 0 saturated carbocycles. The normalized spacial score (nSPS) is 18.1. The molecular formula is C24H31N3O6S. The molecule has 1 fully saturated rings. The van der Waals surface area contributed by atoms with Crippen molar-refractivity contribution in [1.29, 1.82) is 0 Å². The van der Waals surface area contributed by atoms with Crippen LogP contribution in [0.2, 0.25) is 0 Å². The minimum Gasteiger partial charge on any atom is -0.472 e. The van der Waals surface area contributed by atoms with Crippen LogP contribution in [0.5, 0.6) is 5.88 Å². The van der Waals surface area contributed by atoms with Crippen molar-refractivity contribution in [1.82, 2.24) is 9.29 Å². The van der Waals surface area contributed by atoms with E-state index in [1.54, 1.807) is 39.8 Å². The first-order valence-corrected chi connectivity index (χ1v) is 12.5. The van der Waals surface area contributed by atoms with Crippen molar-refractivity contribution in [3.05, 3.63) is 53.7 Å². The fraction of sp³-hybridized carbons (Fsp3) is 0.458. The number of pyridine rings is 1. The van der Waals surface area contributed by atoms with E-state index in [1.807, 2.05) is 30.3 Å². The summed E-state index contributed by atoms with van der Waals surface area (Å²) in [6.07, 6.45) is 0.00944. The molecule has 1 aromatic heterocycles. The Labute approximate surface area is 200 Å². The predicted molar refractivity (Wildman–Crippen MR) is 127 cm³/mol. The van der Waals surface area contributed by atoms with Gasteiger partial charge in [0.25, 0.3) is 0 Å². The number of ether oxygens (including phenoxy) is 3. The van der Waals surface area contributed by atoms with Gasteiger partial charge in [0, 0.05) is 12.2 Å². The van der Waals surface area contributed by atoms with E-state index in [0.717, 1.165) is 5.56 Å². The first kappa shape index (κ1) is 25.6. The maximum absolute atomic E-state index is 14.6. The number of nitrogens with zero attached hydrogens (tertiary/aromatic N) is 3. The third-order valence-electron chi connectivity index (χ3n) is 5.06. The zero-order chi connectivity index (χ0) is 24.9. The molecule has 0 unspecified atom stereocenters. The van der Waals surface area contributed by atoms with Crippen molar-refractivity contribution in [2.75, 3.05) is 13.7 Å². The van der Waals surface area contributed by atoms with Gasteiger partial charge in [0.05, 0.1) is 7.11 Å². The summed E-state index contributed by atoms with van der Waals surface area (Å²) >= 11 is 0. The van der Waals surface area contributed by atoms with E-state index in [2.05, 4.69) is 9.35 Å². The lowest BCUT2D eigenvalue weighted by atomic mass is 10.2. The summed E-state index contributed by atoms with van der Waals surface area (Å²) in [7, 11) is -2.41. The topological polar surface area (TPSA) is 107 Å². The molecular weight excluding hydrogens is 458 g/mol. The van der Waals surface area contributed by atoms with E-state index >= 15 is 0 Å². The Morgan fingerprint density at radius 2 is 1.88 bits per heavy atom. The average molecular weight is 490 g/mol. The van der Waals surface area contributed by atoms with Crippen LogP contribution in [-0.4, -0.2) is 50.9 Å². The van der Waals surface area contributed by atoms with Crippen LogP contribution in [0.15, 0.2) is 51.7 Å². The summed E-state index contributed by atoms with van der Waals surface area (Å²) in [5.74, 6) is -0.465. The molecule has 1 aliphatic rings. The number of esters is 1. The van der Waals surface area contributed by atoms with Gasteiger partial charge in [0.1, 0.15) is 23.1 Å². The Bertz CT molecular complexity index is 1150. The number of hydrogen-bond acceptors (Lipinski definition) is 7. The zero-order valence-electron chi connectivity index (χ0n) is 20.1. The number of rotatable bonds is 6. The number of aryl methyl sites for hydroxylation is 1. The second-order valence-electron chi connectivity index (χ2n) is 8.92. The summed E-state index contributed by atoms with van der Waals surface area (Å²) in [5, 5.41) is 0. The van der Waals surface area contributed by atoms with Gasteiger partial charge in [-0.05, 0) is 58.2 Å². The monoisotopic (exact) mass is 489 g/mol. The molecule has 0 N–H and O–H groups in total. The summed E-state index contributed by atoms with van der Waals surface area (Å²) in [4.78, 5) is 29.8. The van der Waals surface area contributed by atoms with E-state index in [9.17, 15) is 13.8 Å². The van der Waals surface area contributed by atoms with E-state index in [1.165, 1.54) is 11.4 Å². The minimum atomic E-state index is -3.68. The molecule has 34 heavy (non-hydrogen) atoms. The van der Waals surface area contributed by atoms with Gasteiger partial charge in [0.15, 0.2) is 9.92 Å². The Morgan fingerprint density at radius 3 is 2.53 bits per heavy atom. The van der Waals surface area contributed by atoms with Crippen LogP contribution in [0.3, 0.4) is 0 Å². The molecule has 0 spiro atoms. The van der Waals surface area contributed by atoms with Gasteiger partial charge in [-0.15, -0.1) is 4.36 Å². The van der Waals surface area contributed by atoms with Gasteiger partial charge in [-0.1, -0.05) is 30.3 Å². The minimum absolute atomic E-state index is 0.0803. The molecule has 2 atom stereocenters. The van der Waals surface area contributed by atoms with Crippen molar-refractivity contribution >= 4 is 22.0 Å². The molecule has 2 heterocycles. The lowest BCUT2D eigenvalue weighted by Gasteiger charge is -2.27. The highest BCUT2D eigenvalue weighted by molar-refractivity contribution is 7.91.